The van der Waals surface area contributed by atoms with Gasteiger partial charge in [-0.05, 0) is 129 Å². The maximum Gasteiger partial charge on any atom is 0.300 e. The third-order valence-corrected chi connectivity index (χ3v) is 10.6. The van der Waals surface area contributed by atoms with E-state index in [1.807, 2.05) is 67.4 Å². The van der Waals surface area contributed by atoms with E-state index >= 15 is 0 Å². The molecule has 1 aliphatic carbocycles. The van der Waals surface area contributed by atoms with Crippen molar-refractivity contribution in [3.63, 3.8) is 0 Å². The van der Waals surface area contributed by atoms with E-state index in [9.17, 15) is 15.2 Å². The molecule has 0 aromatic carbocycles. The standard InChI is InChI=1S/C10H14N2.C9H12N2O.C9H12N2.C5H4BrN.C5H10.2C4H7NO.C2H4O2.2H2O/c1-12-7-3-5-10(12)9-4-2-6-11-8-9;12-11-6-2-4-9(11)8-3-1-5-10-7-8;1-3-8(7-10-5-1)9-4-2-6-11-9;6-5-2-1-3-7-4-5;1-2-4-5-3-1;6-5-3-1-2-4-5;1-3-5-4(2)6;1-2(3)4;;/h2,4,6,8,10H,3,5,7H2,1H3;1,3,5,7,9,12H,2,4,6H2;1,3,5,7,9,11H,2,4,6H2;1-4H;1-5H2;3H,1-2,4H2;3H,1-2H3;1H3,(H,3,4);2*1H2. The van der Waals surface area contributed by atoms with Crippen molar-refractivity contribution in [1.82, 2.24) is 35.2 Å². The van der Waals surface area contributed by atoms with Crippen molar-refractivity contribution >= 4 is 40.2 Å². The molecule has 4 fully saturated rings. The van der Waals surface area contributed by atoms with Crippen molar-refractivity contribution in [3.05, 3.63) is 124 Å². The zero-order valence-electron chi connectivity index (χ0n) is 38.7. The summed E-state index contributed by atoms with van der Waals surface area (Å²) in [4.78, 5) is 40.7. The van der Waals surface area contributed by atoms with Crippen LogP contribution < -0.4 is 5.32 Å². The van der Waals surface area contributed by atoms with Crippen molar-refractivity contribution in [3.8, 4) is 0 Å². The van der Waals surface area contributed by atoms with E-state index in [4.69, 9.17) is 9.90 Å². The zero-order valence-corrected chi connectivity index (χ0v) is 40.3. The van der Waals surface area contributed by atoms with Gasteiger partial charge in [-0.3, -0.25) is 34.4 Å². The van der Waals surface area contributed by atoms with E-state index in [-0.39, 0.29) is 22.9 Å². The molecule has 5 aliphatic rings. The van der Waals surface area contributed by atoms with Gasteiger partial charge in [-0.1, -0.05) is 50.3 Å². The fraction of sp³-hybridized carbons (Fsp3) is 0.500. The number of hydrogen-bond acceptors (Lipinski definition) is 11. The van der Waals surface area contributed by atoms with Gasteiger partial charge >= 0.3 is 0 Å². The molecule has 1 saturated carbocycles. The SMILES string of the molecule is Brc1cccnc1.C1CCCC1.CC(=O)O.CC=NC(C)=O.CN1CCCC1c1cccnc1.O.O.ON1CCCC1c1cccnc1.[O-][N+]1=CCCC1.c1cncc(C2CCCN2)c1. The molecule has 9 rings (SSSR count). The van der Waals surface area contributed by atoms with E-state index < -0.39 is 5.97 Å². The second-order valence-electron chi connectivity index (χ2n) is 15.3. The maximum atomic E-state index is 10.1. The summed E-state index contributed by atoms with van der Waals surface area (Å²) in [5.74, 6) is -0.975. The molecule has 7 N–H and O–H groups in total. The average molecular weight is 969 g/mol. The number of carboxylic acid groups (broad SMARTS) is 1. The van der Waals surface area contributed by atoms with Crippen molar-refractivity contribution in [2.75, 3.05) is 33.2 Å². The van der Waals surface area contributed by atoms with Crippen LogP contribution in [0.4, 0.5) is 0 Å². The molecule has 4 aliphatic heterocycles. The highest BCUT2D eigenvalue weighted by molar-refractivity contribution is 9.10. The van der Waals surface area contributed by atoms with Gasteiger partial charge in [0.2, 0.25) is 5.91 Å². The van der Waals surface area contributed by atoms with Crippen molar-refractivity contribution in [2.24, 2.45) is 4.99 Å². The Morgan fingerprint density at radius 3 is 1.54 bits per heavy atom. The fourth-order valence-corrected chi connectivity index (χ4v) is 7.37. The molecule has 360 valence electrons. The molecule has 3 saturated heterocycles. The van der Waals surface area contributed by atoms with Crippen LogP contribution in [0.5, 0.6) is 0 Å². The van der Waals surface area contributed by atoms with Gasteiger partial charge in [0.1, 0.15) is 0 Å². The Balaban J connectivity index is 0.000000738. The number of nitrogens with one attached hydrogen (secondary N) is 1. The van der Waals surface area contributed by atoms with Gasteiger partial charge in [-0.2, -0.15) is 5.06 Å². The number of halogens is 1. The minimum atomic E-state index is -0.833. The molecule has 4 aromatic heterocycles. The number of aliphatic carboxylic acids is 1. The number of rotatable bonds is 3. The van der Waals surface area contributed by atoms with Crippen LogP contribution in [0.25, 0.3) is 0 Å². The van der Waals surface area contributed by atoms with Crippen LogP contribution in [-0.4, -0.2) is 113 Å². The predicted octanol–water partition coefficient (Wildman–Crippen LogP) is 8.18. The number of carbonyl (C=O) groups is 2. The summed E-state index contributed by atoms with van der Waals surface area (Å²) >= 11 is 3.25. The smallest absolute Gasteiger partial charge is 0.300 e. The maximum absolute atomic E-state index is 10.1. The van der Waals surface area contributed by atoms with Crippen molar-refractivity contribution in [1.29, 1.82) is 0 Å². The first-order valence-corrected chi connectivity index (χ1v) is 22.9. The third kappa shape index (κ3) is 29.3. The molecule has 3 unspecified atom stereocenters. The Hall–Kier alpha value is -4.88. The number of nitrogens with zero attached hydrogens (tertiary/aromatic N) is 8. The molecular formula is C48H74BrN9O7. The van der Waals surface area contributed by atoms with Crippen LogP contribution in [0.2, 0.25) is 0 Å². The Bertz CT molecular complexity index is 1740. The zero-order chi connectivity index (χ0) is 45.9. The van der Waals surface area contributed by atoms with Crippen molar-refractivity contribution in [2.45, 2.75) is 122 Å². The van der Waals surface area contributed by atoms with Crippen LogP contribution in [0.1, 0.15) is 139 Å². The number of aromatic nitrogens is 4. The van der Waals surface area contributed by atoms with Gasteiger partial charge in [-0.25, -0.2) is 9.73 Å². The highest BCUT2D eigenvalue weighted by Crippen LogP contribution is 2.30. The first-order valence-electron chi connectivity index (χ1n) is 22.1. The Morgan fingerprint density at radius 1 is 0.754 bits per heavy atom. The van der Waals surface area contributed by atoms with Gasteiger partial charge in [0.25, 0.3) is 5.97 Å². The fourth-order valence-electron chi connectivity index (χ4n) is 7.10. The number of likely N-dealkylation sites (tertiary alicyclic amines) is 1. The number of carboxylic acids is 1. The molecule has 16 nitrogen and oxygen atoms in total. The average Bonchev–Trinajstić information content (AvgIpc) is 4.16. The quantitative estimate of drug-likeness (QED) is 0.0999. The van der Waals surface area contributed by atoms with Crippen LogP contribution >= 0.6 is 15.9 Å². The summed E-state index contributed by atoms with van der Waals surface area (Å²) in [6.07, 6.45) is 34.5. The molecule has 0 radical (unpaired) electrons. The summed E-state index contributed by atoms with van der Waals surface area (Å²) < 4.78 is 2.01. The minimum Gasteiger partial charge on any atom is -0.624 e. The number of pyridine rings is 4. The van der Waals surface area contributed by atoms with Crippen LogP contribution in [0.3, 0.4) is 0 Å². The van der Waals surface area contributed by atoms with Crippen LogP contribution in [0, 0.1) is 5.21 Å². The van der Waals surface area contributed by atoms with Gasteiger partial charge < -0.3 is 31.8 Å². The Kier molecular flexibility index (Phi) is 35.5. The van der Waals surface area contributed by atoms with Crippen LogP contribution in [-0.2, 0) is 9.59 Å². The summed E-state index contributed by atoms with van der Waals surface area (Å²) in [7, 11) is 2.19. The molecular weight excluding hydrogens is 894 g/mol. The molecule has 8 heterocycles. The van der Waals surface area contributed by atoms with Crippen LogP contribution in [0.15, 0.2) is 108 Å². The normalized spacial score (nSPS) is 19.1. The van der Waals surface area contributed by atoms with E-state index in [1.165, 1.54) is 93.7 Å². The van der Waals surface area contributed by atoms with E-state index in [0.29, 0.717) is 18.6 Å². The largest absolute Gasteiger partial charge is 0.624 e. The van der Waals surface area contributed by atoms with Gasteiger partial charge in [0.15, 0.2) is 12.8 Å². The van der Waals surface area contributed by atoms with Gasteiger partial charge in [-0.15, -0.1) is 0 Å². The van der Waals surface area contributed by atoms with E-state index in [1.54, 1.807) is 31.7 Å². The first kappa shape index (κ1) is 60.1. The third-order valence-electron chi connectivity index (χ3n) is 10.1. The Labute approximate surface area is 394 Å². The summed E-state index contributed by atoms with van der Waals surface area (Å²) in [6.45, 7) is 8.07. The lowest BCUT2D eigenvalue weighted by Crippen LogP contribution is -2.18. The first-order chi connectivity index (χ1) is 30.5. The molecule has 0 bridgehead atoms. The highest BCUT2D eigenvalue weighted by Gasteiger charge is 2.24. The Morgan fingerprint density at radius 2 is 1.25 bits per heavy atom. The number of hydroxylamine groups is 3. The van der Waals surface area contributed by atoms with Gasteiger partial charge in [0, 0.05) is 106 Å². The summed E-state index contributed by atoms with van der Waals surface area (Å²) in [5, 5.41) is 31.8. The summed E-state index contributed by atoms with van der Waals surface area (Å²) in [6, 6.07) is 17.4. The van der Waals surface area contributed by atoms with E-state index in [0.717, 1.165) is 60.5 Å². The lowest BCUT2D eigenvalue weighted by Gasteiger charge is -2.18. The number of carbonyl (C=O) groups excluding carboxylic acids is 1. The lowest BCUT2D eigenvalue weighted by molar-refractivity contribution is -0.443. The molecule has 1 amide bonds. The number of aliphatic imine (C=N–C) groups is 1. The molecule has 3 atom stereocenters. The molecule has 17 heteroatoms. The molecule has 65 heavy (non-hydrogen) atoms. The van der Waals surface area contributed by atoms with Gasteiger partial charge in [0.05, 0.1) is 6.04 Å². The monoisotopic (exact) mass is 967 g/mol. The second kappa shape index (κ2) is 38.4. The predicted molar refractivity (Wildman–Crippen MR) is 262 cm³/mol. The topological polar surface area (TPSA) is 246 Å². The van der Waals surface area contributed by atoms with E-state index in [2.05, 4.69) is 70.3 Å². The minimum absolute atomic E-state index is 0. The van der Waals surface area contributed by atoms with Crippen molar-refractivity contribution < 1.29 is 35.6 Å². The summed E-state index contributed by atoms with van der Waals surface area (Å²) in [5.41, 5.74) is 3.79. The molecule has 4 aromatic rings. The highest BCUT2D eigenvalue weighted by atomic mass is 79.9. The molecule has 0 spiro atoms. The number of amides is 1. The number of hydrogen-bond donors (Lipinski definition) is 3. The second-order valence-corrected chi connectivity index (χ2v) is 16.2. The lowest BCUT2D eigenvalue weighted by atomic mass is 10.1.